The van der Waals surface area contributed by atoms with Gasteiger partial charge in [0.25, 0.3) is 0 Å². The maximum Gasteiger partial charge on any atom is 0.236 e. The van der Waals surface area contributed by atoms with Crippen molar-refractivity contribution in [3.8, 4) is 0 Å². The molecule has 110 valence electrons. The van der Waals surface area contributed by atoms with E-state index in [2.05, 4.69) is 0 Å². The van der Waals surface area contributed by atoms with Crippen molar-refractivity contribution in [3.63, 3.8) is 0 Å². The van der Waals surface area contributed by atoms with E-state index in [-0.39, 0.29) is 6.54 Å². The van der Waals surface area contributed by atoms with Gasteiger partial charge in [0.05, 0.1) is 6.42 Å². The van der Waals surface area contributed by atoms with Crippen molar-refractivity contribution in [1.82, 2.24) is 4.90 Å². The Morgan fingerprint density at radius 2 is 1.80 bits per heavy atom. The summed E-state index contributed by atoms with van der Waals surface area (Å²) in [5.41, 5.74) is 2.96. The molecule has 0 aliphatic carbocycles. The Hall–Kier alpha value is -1.31. The molecule has 0 spiro atoms. The summed E-state index contributed by atoms with van der Waals surface area (Å²) < 4.78 is 0. The van der Waals surface area contributed by atoms with E-state index in [1.54, 1.807) is 19.1 Å². The normalized spacial score (nSPS) is 20.5. The summed E-state index contributed by atoms with van der Waals surface area (Å²) in [5, 5.41) is 46.0. The van der Waals surface area contributed by atoms with Crippen molar-refractivity contribution >= 4 is 5.71 Å². The number of aliphatic hydroxyl groups is 4. The molecule has 5 N–H and O–H groups in total. The molecular weight excluding hydrogens is 260 g/mol. The molecule has 0 bridgehead atoms. The number of aryl methyl sites for hydroxylation is 1. The second kappa shape index (κ2) is 4.91. The van der Waals surface area contributed by atoms with Gasteiger partial charge in [-0.15, -0.1) is 0 Å². The fourth-order valence-corrected chi connectivity index (χ4v) is 2.47. The van der Waals surface area contributed by atoms with Crippen LogP contribution in [0.15, 0.2) is 18.2 Å². The van der Waals surface area contributed by atoms with Gasteiger partial charge in [0.15, 0.2) is 0 Å². The monoisotopic (exact) mass is 280 g/mol. The smallest absolute Gasteiger partial charge is 0.236 e. The van der Waals surface area contributed by atoms with Gasteiger partial charge in [-0.05, 0) is 36.1 Å². The van der Waals surface area contributed by atoms with Crippen molar-refractivity contribution in [3.05, 3.63) is 34.9 Å². The summed E-state index contributed by atoms with van der Waals surface area (Å²) in [4.78, 5) is 0.825. The lowest BCUT2D eigenvalue weighted by atomic mass is 9.96. The molecule has 0 aromatic heterocycles. The molecular formula is C14H20N2O4. The average molecular weight is 280 g/mol. The lowest BCUT2D eigenvalue weighted by molar-refractivity contribution is -0.485. The predicted molar refractivity (Wildman–Crippen MR) is 72.8 cm³/mol. The van der Waals surface area contributed by atoms with Crippen LogP contribution >= 0.6 is 0 Å². The average Bonchev–Trinajstić information content (AvgIpc) is 2.34. The Kier molecular flexibility index (Phi) is 3.70. The minimum Gasteiger partial charge on any atom is -0.353 e. The van der Waals surface area contributed by atoms with Gasteiger partial charge in [0.1, 0.15) is 0 Å². The van der Waals surface area contributed by atoms with Crippen LogP contribution in [0.25, 0.3) is 0 Å². The number of rotatable bonds is 4. The van der Waals surface area contributed by atoms with Crippen LogP contribution in [-0.4, -0.2) is 42.9 Å². The van der Waals surface area contributed by atoms with Gasteiger partial charge in [-0.25, -0.2) is 0 Å². The van der Waals surface area contributed by atoms with Crippen LogP contribution in [0.3, 0.4) is 0 Å². The van der Waals surface area contributed by atoms with Gasteiger partial charge in [-0.1, -0.05) is 19.1 Å². The van der Waals surface area contributed by atoms with E-state index in [0.717, 1.165) is 21.6 Å². The van der Waals surface area contributed by atoms with E-state index in [4.69, 9.17) is 5.41 Å². The van der Waals surface area contributed by atoms with Crippen LogP contribution in [0.5, 0.6) is 0 Å². The minimum atomic E-state index is -2.20. The van der Waals surface area contributed by atoms with E-state index in [1.165, 1.54) is 0 Å². The topological polar surface area (TPSA) is 108 Å². The summed E-state index contributed by atoms with van der Waals surface area (Å²) in [5.74, 6) is -4.41. The maximum atomic E-state index is 9.60. The zero-order chi connectivity index (χ0) is 15.1. The highest BCUT2D eigenvalue weighted by atomic mass is 16.6. The van der Waals surface area contributed by atoms with Gasteiger partial charge in [0, 0.05) is 12.3 Å². The van der Waals surface area contributed by atoms with E-state index in [9.17, 15) is 20.4 Å². The van der Waals surface area contributed by atoms with Crippen molar-refractivity contribution in [2.24, 2.45) is 0 Å². The Bertz CT molecular complexity index is 526. The molecule has 1 aromatic carbocycles. The summed E-state index contributed by atoms with van der Waals surface area (Å²) in [7, 11) is 0. The summed E-state index contributed by atoms with van der Waals surface area (Å²) in [6.07, 6.45) is 0.178. The van der Waals surface area contributed by atoms with Crippen molar-refractivity contribution in [1.29, 1.82) is 5.41 Å². The Morgan fingerprint density at radius 3 is 2.25 bits per heavy atom. The zero-order valence-electron chi connectivity index (χ0n) is 11.6. The first-order valence-electron chi connectivity index (χ1n) is 6.52. The second-order valence-electron chi connectivity index (χ2n) is 5.27. The third kappa shape index (κ3) is 2.61. The van der Waals surface area contributed by atoms with E-state index in [1.807, 2.05) is 13.0 Å². The fraction of sp³-hybridized carbons (Fsp3) is 0.500. The van der Waals surface area contributed by atoms with Crippen LogP contribution in [0.2, 0.25) is 0 Å². The molecule has 0 amide bonds. The van der Waals surface area contributed by atoms with E-state index in [0.29, 0.717) is 12.1 Å². The Balaban J connectivity index is 2.28. The van der Waals surface area contributed by atoms with Crippen LogP contribution < -0.4 is 0 Å². The van der Waals surface area contributed by atoms with Crippen LogP contribution in [-0.2, 0) is 13.0 Å². The lowest BCUT2D eigenvalue weighted by Crippen LogP contribution is -2.73. The van der Waals surface area contributed by atoms with Crippen LogP contribution in [0, 0.1) is 5.41 Å². The second-order valence-corrected chi connectivity index (χ2v) is 5.27. The number of nitrogens with zero attached hydrogens (tertiary/aromatic N) is 1. The largest absolute Gasteiger partial charge is 0.353 e. The Labute approximate surface area is 117 Å². The molecule has 1 aliphatic rings. The molecule has 0 radical (unpaired) electrons. The van der Waals surface area contributed by atoms with Crippen LogP contribution in [0.1, 0.15) is 37.0 Å². The number of nitrogens with one attached hydrogen (secondary N) is 1. The van der Waals surface area contributed by atoms with Gasteiger partial charge in [-0.3, -0.25) is 0 Å². The van der Waals surface area contributed by atoms with Gasteiger partial charge in [-0.2, -0.15) is 4.90 Å². The molecule has 0 unspecified atom stereocenters. The summed E-state index contributed by atoms with van der Waals surface area (Å²) in [6.45, 7) is 3.66. The first-order valence-corrected chi connectivity index (χ1v) is 6.52. The first-order chi connectivity index (χ1) is 9.17. The van der Waals surface area contributed by atoms with Gasteiger partial charge < -0.3 is 25.8 Å². The third-order valence-corrected chi connectivity index (χ3v) is 3.69. The van der Waals surface area contributed by atoms with Crippen molar-refractivity contribution in [2.75, 3.05) is 0 Å². The summed E-state index contributed by atoms with van der Waals surface area (Å²) in [6, 6.07) is 5.41. The molecule has 0 atom stereocenters. The minimum absolute atomic E-state index is 0.0144. The van der Waals surface area contributed by atoms with Crippen molar-refractivity contribution < 1.29 is 20.4 Å². The third-order valence-electron chi connectivity index (χ3n) is 3.69. The molecule has 6 heteroatoms. The molecule has 6 nitrogen and oxygen atoms in total. The highest BCUT2D eigenvalue weighted by molar-refractivity contribution is 5.96. The number of likely N-dealkylation sites (tertiary alicyclic amines) is 1. The molecule has 1 fully saturated rings. The SMILES string of the molecule is CCc1cc(C(C)=N)ccc1CN1C(O)(O)CC1(O)O. The van der Waals surface area contributed by atoms with E-state index < -0.39 is 18.2 Å². The lowest BCUT2D eigenvalue weighted by Gasteiger charge is -2.53. The molecule has 1 saturated heterocycles. The quantitative estimate of drug-likeness (QED) is 0.398. The predicted octanol–water partition coefficient (Wildman–Crippen LogP) is 0.119. The van der Waals surface area contributed by atoms with Gasteiger partial charge >= 0.3 is 0 Å². The number of hydrogen-bond acceptors (Lipinski definition) is 6. The Morgan fingerprint density at radius 1 is 1.20 bits per heavy atom. The zero-order valence-corrected chi connectivity index (χ0v) is 11.6. The van der Waals surface area contributed by atoms with Gasteiger partial charge in [0.2, 0.25) is 11.8 Å². The summed E-state index contributed by atoms with van der Waals surface area (Å²) >= 11 is 0. The molecule has 1 heterocycles. The standard InChI is InChI=1S/C14H20N2O4/c1-3-10-6-11(9(2)15)4-5-12(10)7-16-13(17,18)8-14(16,19)20/h4-6,15,17-20H,3,7-8H2,1-2H3. The maximum absolute atomic E-state index is 9.60. The molecule has 20 heavy (non-hydrogen) atoms. The van der Waals surface area contributed by atoms with E-state index >= 15 is 0 Å². The first kappa shape index (κ1) is 15.1. The number of hydrogen-bond donors (Lipinski definition) is 5. The molecule has 1 aromatic rings. The molecule has 1 aliphatic heterocycles. The molecule has 2 rings (SSSR count). The van der Waals surface area contributed by atoms with Crippen LogP contribution in [0.4, 0.5) is 0 Å². The highest BCUT2D eigenvalue weighted by Crippen LogP contribution is 2.39. The highest BCUT2D eigenvalue weighted by Gasteiger charge is 2.59. The van der Waals surface area contributed by atoms with Crippen molar-refractivity contribution in [2.45, 2.75) is 45.1 Å². The fourth-order valence-electron chi connectivity index (χ4n) is 2.47. The molecule has 0 saturated carbocycles. The number of benzene rings is 1.